The van der Waals surface area contributed by atoms with Gasteiger partial charge in [-0.25, -0.2) is 4.98 Å². The van der Waals surface area contributed by atoms with Crippen molar-refractivity contribution in [2.75, 3.05) is 22.9 Å². The fourth-order valence-corrected chi connectivity index (χ4v) is 4.26. The Labute approximate surface area is 232 Å². The average molecular weight is 572 g/mol. The SMILES string of the molecule is CCCCNC=O.Cc1ccc(C(=O)Nc2cccc(C(F)(F)F)c2)cc1NC(=O)c1ccc2nc(N)sc2c1. The summed E-state index contributed by atoms with van der Waals surface area (Å²) in [7, 11) is 0. The first kappa shape index (κ1) is 30.1. The molecule has 0 aliphatic rings. The highest BCUT2D eigenvalue weighted by Gasteiger charge is 2.30. The first-order valence-electron chi connectivity index (χ1n) is 12.3. The van der Waals surface area contributed by atoms with E-state index in [-0.39, 0.29) is 17.2 Å². The number of fused-ring (bicyclic) bond motifs is 1. The molecule has 0 aliphatic heterocycles. The molecule has 0 atom stereocenters. The van der Waals surface area contributed by atoms with Gasteiger partial charge in [-0.3, -0.25) is 14.4 Å². The molecule has 40 heavy (non-hydrogen) atoms. The van der Waals surface area contributed by atoms with Gasteiger partial charge < -0.3 is 21.7 Å². The monoisotopic (exact) mass is 571 g/mol. The van der Waals surface area contributed by atoms with Crippen LogP contribution in [0.2, 0.25) is 0 Å². The van der Waals surface area contributed by atoms with Crippen LogP contribution in [-0.4, -0.2) is 29.8 Å². The van der Waals surface area contributed by atoms with Gasteiger partial charge in [0, 0.05) is 29.0 Å². The number of carbonyl (C=O) groups is 3. The van der Waals surface area contributed by atoms with Gasteiger partial charge >= 0.3 is 6.18 Å². The molecular formula is C28H28F3N5O3S. The van der Waals surface area contributed by atoms with Gasteiger partial charge in [-0.05, 0) is 67.4 Å². The molecule has 0 unspecified atom stereocenters. The van der Waals surface area contributed by atoms with E-state index in [2.05, 4.69) is 27.9 Å². The lowest BCUT2D eigenvalue weighted by molar-refractivity contribution is -0.137. The highest BCUT2D eigenvalue weighted by Crippen LogP contribution is 2.31. The van der Waals surface area contributed by atoms with Crippen LogP contribution in [0.25, 0.3) is 10.2 Å². The first-order valence-corrected chi connectivity index (χ1v) is 13.1. The van der Waals surface area contributed by atoms with Crippen LogP contribution in [0, 0.1) is 6.92 Å². The molecule has 0 spiro atoms. The molecule has 3 aromatic carbocycles. The number of hydrogen-bond donors (Lipinski definition) is 4. The van der Waals surface area contributed by atoms with Crippen molar-refractivity contribution in [2.45, 2.75) is 32.9 Å². The van der Waals surface area contributed by atoms with Crippen LogP contribution >= 0.6 is 11.3 Å². The second-order valence-corrected chi connectivity index (χ2v) is 9.74. The van der Waals surface area contributed by atoms with Crippen LogP contribution in [0.15, 0.2) is 60.7 Å². The van der Waals surface area contributed by atoms with Crippen LogP contribution in [0.1, 0.15) is 51.6 Å². The fourth-order valence-electron chi connectivity index (χ4n) is 3.49. The summed E-state index contributed by atoms with van der Waals surface area (Å²) in [6.07, 6.45) is -1.56. The number of alkyl halides is 3. The van der Waals surface area contributed by atoms with E-state index in [1.54, 1.807) is 31.2 Å². The van der Waals surface area contributed by atoms with Gasteiger partial charge in [-0.15, -0.1) is 0 Å². The van der Waals surface area contributed by atoms with E-state index in [4.69, 9.17) is 5.73 Å². The largest absolute Gasteiger partial charge is 0.416 e. The molecule has 0 saturated carbocycles. The predicted molar refractivity (Wildman–Crippen MR) is 152 cm³/mol. The number of hydrogen-bond acceptors (Lipinski definition) is 6. The van der Waals surface area contributed by atoms with Gasteiger partial charge in [0.2, 0.25) is 6.41 Å². The zero-order chi connectivity index (χ0) is 29.3. The van der Waals surface area contributed by atoms with Gasteiger partial charge in [0.1, 0.15) is 0 Å². The van der Waals surface area contributed by atoms with E-state index in [1.165, 1.54) is 35.6 Å². The predicted octanol–water partition coefficient (Wildman–Crippen LogP) is 6.24. The Balaban J connectivity index is 0.000000559. The number of aryl methyl sites for hydroxylation is 1. The Kier molecular flexibility index (Phi) is 10.2. The average Bonchev–Trinajstić information content (AvgIpc) is 3.29. The molecule has 0 aliphatic carbocycles. The molecule has 0 radical (unpaired) electrons. The van der Waals surface area contributed by atoms with Gasteiger partial charge in [0.05, 0.1) is 15.8 Å². The molecule has 4 rings (SSSR count). The summed E-state index contributed by atoms with van der Waals surface area (Å²) < 4.78 is 39.5. The molecule has 8 nitrogen and oxygen atoms in total. The van der Waals surface area contributed by atoms with Crippen molar-refractivity contribution in [3.05, 3.63) is 82.9 Å². The number of rotatable bonds is 8. The quantitative estimate of drug-likeness (QED) is 0.147. The number of benzene rings is 3. The number of nitrogens with one attached hydrogen (secondary N) is 3. The molecule has 4 aromatic rings. The van der Waals surface area contributed by atoms with Crippen LogP contribution in [0.4, 0.5) is 29.7 Å². The van der Waals surface area contributed by atoms with Crippen molar-refractivity contribution < 1.29 is 27.6 Å². The Hall–Kier alpha value is -4.45. The minimum Gasteiger partial charge on any atom is -0.375 e. The maximum atomic E-state index is 12.9. The van der Waals surface area contributed by atoms with E-state index in [0.29, 0.717) is 27.5 Å². The lowest BCUT2D eigenvalue weighted by atomic mass is 10.1. The minimum atomic E-state index is -4.52. The maximum absolute atomic E-state index is 12.9. The molecule has 1 heterocycles. The summed E-state index contributed by atoms with van der Waals surface area (Å²) in [5.74, 6) is -0.992. The summed E-state index contributed by atoms with van der Waals surface area (Å²) in [5.41, 5.74) is 7.23. The van der Waals surface area contributed by atoms with Gasteiger partial charge in [0.25, 0.3) is 11.8 Å². The lowest BCUT2D eigenvalue weighted by Crippen LogP contribution is -2.16. The number of unbranched alkanes of at least 4 members (excludes halogenated alkanes) is 1. The number of nitrogens with two attached hydrogens (primary N) is 1. The van der Waals surface area contributed by atoms with Crippen LogP contribution < -0.4 is 21.7 Å². The van der Waals surface area contributed by atoms with E-state index in [9.17, 15) is 27.6 Å². The van der Waals surface area contributed by atoms with Crippen molar-refractivity contribution in [2.24, 2.45) is 0 Å². The Morgan fingerprint density at radius 1 is 1.00 bits per heavy atom. The zero-order valence-electron chi connectivity index (χ0n) is 21.8. The van der Waals surface area contributed by atoms with Crippen molar-refractivity contribution in [3.63, 3.8) is 0 Å². The highest BCUT2D eigenvalue weighted by molar-refractivity contribution is 7.22. The van der Waals surface area contributed by atoms with Gasteiger partial charge in [0.15, 0.2) is 5.13 Å². The molecule has 0 saturated heterocycles. The van der Waals surface area contributed by atoms with Crippen LogP contribution in [0.3, 0.4) is 0 Å². The highest BCUT2D eigenvalue weighted by atomic mass is 32.1. The lowest BCUT2D eigenvalue weighted by Gasteiger charge is -2.12. The number of nitrogens with zero attached hydrogens (tertiary/aromatic N) is 1. The molecule has 0 fully saturated rings. The molecule has 12 heteroatoms. The van der Waals surface area contributed by atoms with Crippen molar-refractivity contribution in [3.8, 4) is 0 Å². The van der Waals surface area contributed by atoms with Crippen LogP contribution in [0.5, 0.6) is 0 Å². The molecule has 5 N–H and O–H groups in total. The smallest absolute Gasteiger partial charge is 0.375 e. The summed E-state index contributed by atoms with van der Waals surface area (Å²) in [6.45, 7) is 4.67. The maximum Gasteiger partial charge on any atom is 0.416 e. The molecule has 0 bridgehead atoms. The third kappa shape index (κ3) is 8.27. The number of anilines is 3. The third-order valence-corrected chi connectivity index (χ3v) is 6.47. The Morgan fingerprint density at radius 2 is 1.70 bits per heavy atom. The van der Waals surface area contributed by atoms with Crippen molar-refractivity contribution >= 4 is 56.3 Å². The van der Waals surface area contributed by atoms with E-state index in [0.717, 1.165) is 42.6 Å². The number of amides is 3. The van der Waals surface area contributed by atoms with E-state index in [1.807, 2.05) is 0 Å². The van der Waals surface area contributed by atoms with Gasteiger partial charge in [-0.1, -0.05) is 36.8 Å². The first-order chi connectivity index (χ1) is 19.0. The van der Waals surface area contributed by atoms with Crippen molar-refractivity contribution in [1.29, 1.82) is 0 Å². The molecule has 210 valence electrons. The Bertz CT molecular complexity index is 1500. The number of halogens is 3. The van der Waals surface area contributed by atoms with E-state index < -0.39 is 17.6 Å². The zero-order valence-corrected chi connectivity index (χ0v) is 22.6. The van der Waals surface area contributed by atoms with E-state index >= 15 is 0 Å². The fraction of sp³-hybridized carbons (Fsp3) is 0.214. The minimum absolute atomic E-state index is 0.0121. The topological polar surface area (TPSA) is 126 Å². The standard InChI is InChI=1S/C23H17F3N4O2S.C5H11NO/c1-12-5-6-13(20(31)28-16-4-2-3-15(11-16)23(24,25)26)9-18(12)29-21(32)14-7-8-17-19(10-14)33-22(27)30-17;1-2-3-4-6-5-7/h2-11H,1H3,(H2,27,30)(H,28,31)(H,29,32);5H,2-4H2,1H3,(H,6,7). The normalized spacial score (nSPS) is 10.8. The molecule has 1 aromatic heterocycles. The number of nitrogen functional groups attached to an aromatic ring is 1. The molecular weight excluding hydrogens is 543 g/mol. The number of aromatic nitrogens is 1. The summed E-state index contributed by atoms with van der Waals surface area (Å²) in [6, 6.07) is 14.0. The summed E-state index contributed by atoms with van der Waals surface area (Å²) in [5, 5.41) is 8.20. The Morgan fingerprint density at radius 3 is 2.40 bits per heavy atom. The molecule has 3 amide bonds. The van der Waals surface area contributed by atoms with Crippen LogP contribution in [-0.2, 0) is 11.0 Å². The second kappa shape index (κ2) is 13.6. The summed E-state index contributed by atoms with van der Waals surface area (Å²) in [4.78, 5) is 39.1. The second-order valence-electron chi connectivity index (χ2n) is 8.68. The number of carbonyl (C=O) groups excluding carboxylic acids is 3. The van der Waals surface area contributed by atoms with Gasteiger partial charge in [-0.2, -0.15) is 13.2 Å². The van der Waals surface area contributed by atoms with Crippen molar-refractivity contribution in [1.82, 2.24) is 10.3 Å². The summed E-state index contributed by atoms with van der Waals surface area (Å²) >= 11 is 1.27. The third-order valence-electron chi connectivity index (χ3n) is 5.62. The number of thiazole rings is 1.